The van der Waals surface area contributed by atoms with Gasteiger partial charge in [-0.2, -0.15) is 0 Å². The van der Waals surface area contributed by atoms with Crippen LogP contribution in [0.2, 0.25) is 0 Å². The predicted molar refractivity (Wildman–Crippen MR) is 88.1 cm³/mol. The number of carbonyl (C=O) groups is 1. The summed E-state index contributed by atoms with van der Waals surface area (Å²) < 4.78 is 6.73. The lowest BCUT2D eigenvalue weighted by Crippen LogP contribution is -2.30. The summed E-state index contributed by atoms with van der Waals surface area (Å²) in [7, 11) is 1.86. The van der Waals surface area contributed by atoms with Gasteiger partial charge >= 0.3 is 0 Å². The van der Waals surface area contributed by atoms with Crippen molar-refractivity contribution in [2.24, 2.45) is 0 Å². The van der Waals surface area contributed by atoms with E-state index in [4.69, 9.17) is 4.74 Å². The number of halogens is 2. The molecule has 0 atom stereocenters. The summed E-state index contributed by atoms with van der Waals surface area (Å²) in [4.78, 5) is 11.4. The van der Waals surface area contributed by atoms with Gasteiger partial charge in [-0.1, -0.05) is 0 Å². The van der Waals surface area contributed by atoms with Gasteiger partial charge in [0.1, 0.15) is 5.75 Å². The summed E-state index contributed by atoms with van der Waals surface area (Å²) in [5.41, 5.74) is 0. The highest BCUT2D eigenvalue weighted by Crippen LogP contribution is 2.13. The standard InChI is InChI=1S/C13H19IN2O2.ClH/c1-15-8-9-16-13(17)3-2-10-18-12-6-4-11(14)5-7-12;/h4-7,15H,2-3,8-10H2,1H3,(H,16,17);1H. The molecule has 19 heavy (non-hydrogen) atoms. The van der Waals surface area contributed by atoms with Crippen molar-refractivity contribution in [3.8, 4) is 5.75 Å². The molecule has 0 fully saturated rings. The van der Waals surface area contributed by atoms with Gasteiger partial charge in [0.25, 0.3) is 0 Å². The summed E-state index contributed by atoms with van der Waals surface area (Å²) in [6.45, 7) is 2.04. The van der Waals surface area contributed by atoms with E-state index in [9.17, 15) is 4.79 Å². The van der Waals surface area contributed by atoms with Crippen LogP contribution in [0.1, 0.15) is 12.8 Å². The van der Waals surface area contributed by atoms with Gasteiger partial charge < -0.3 is 15.4 Å². The van der Waals surface area contributed by atoms with Crippen LogP contribution in [-0.2, 0) is 4.79 Å². The Morgan fingerprint density at radius 3 is 2.58 bits per heavy atom. The maximum Gasteiger partial charge on any atom is 0.220 e. The van der Waals surface area contributed by atoms with Crippen LogP contribution in [0.25, 0.3) is 0 Å². The maximum atomic E-state index is 11.4. The Labute approximate surface area is 134 Å². The fraction of sp³-hybridized carbons (Fsp3) is 0.462. The van der Waals surface area contributed by atoms with E-state index >= 15 is 0 Å². The van der Waals surface area contributed by atoms with E-state index in [1.165, 1.54) is 3.57 Å². The van der Waals surface area contributed by atoms with Gasteiger partial charge in [-0.3, -0.25) is 4.79 Å². The van der Waals surface area contributed by atoms with Gasteiger partial charge in [0, 0.05) is 23.1 Å². The molecule has 0 saturated heterocycles. The first-order chi connectivity index (χ1) is 8.72. The van der Waals surface area contributed by atoms with Crippen molar-refractivity contribution in [2.45, 2.75) is 12.8 Å². The zero-order valence-electron chi connectivity index (χ0n) is 10.9. The zero-order valence-corrected chi connectivity index (χ0v) is 13.9. The third-order valence-electron chi connectivity index (χ3n) is 2.33. The van der Waals surface area contributed by atoms with Crippen LogP contribution in [0.4, 0.5) is 0 Å². The second-order valence-corrected chi connectivity index (χ2v) is 5.11. The average molecular weight is 399 g/mol. The molecule has 0 spiro atoms. The van der Waals surface area contributed by atoms with E-state index in [0.29, 0.717) is 19.6 Å². The van der Waals surface area contributed by atoms with Crippen molar-refractivity contribution >= 4 is 40.9 Å². The summed E-state index contributed by atoms with van der Waals surface area (Å²) >= 11 is 2.25. The number of hydrogen-bond acceptors (Lipinski definition) is 3. The molecule has 0 saturated carbocycles. The number of ether oxygens (including phenoxy) is 1. The highest BCUT2D eigenvalue weighted by molar-refractivity contribution is 14.1. The fourth-order valence-corrected chi connectivity index (χ4v) is 1.73. The van der Waals surface area contributed by atoms with Crippen molar-refractivity contribution in [2.75, 3.05) is 26.7 Å². The number of hydrogen-bond donors (Lipinski definition) is 2. The molecular formula is C13H20ClIN2O2. The first kappa shape index (κ1) is 18.5. The van der Waals surface area contributed by atoms with E-state index in [1.807, 2.05) is 31.3 Å². The van der Waals surface area contributed by atoms with Crippen LogP contribution in [-0.4, -0.2) is 32.7 Å². The molecule has 1 rings (SSSR count). The molecule has 0 bridgehead atoms. The maximum absolute atomic E-state index is 11.4. The first-order valence-electron chi connectivity index (χ1n) is 6.02. The fourth-order valence-electron chi connectivity index (χ4n) is 1.37. The number of amides is 1. The molecule has 0 aliphatic heterocycles. The van der Waals surface area contributed by atoms with Gasteiger partial charge in [0.05, 0.1) is 6.61 Å². The predicted octanol–water partition coefficient (Wildman–Crippen LogP) is 2.21. The van der Waals surface area contributed by atoms with Crippen LogP contribution in [0.15, 0.2) is 24.3 Å². The monoisotopic (exact) mass is 398 g/mol. The van der Waals surface area contributed by atoms with Crippen LogP contribution >= 0.6 is 35.0 Å². The van der Waals surface area contributed by atoms with Gasteiger partial charge in [0.2, 0.25) is 5.91 Å². The third kappa shape index (κ3) is 9.07. The molecule has 6 heteroatoms. The van der Waals surface area contributed by atoms with Gasteiger partial charge in [-0.15, -0.1) is 12.4 Å². The number of carbonyl (C=O) groups excluding carboxylic acids is 1. The topological polar surface area (TPSA) is 50.4 Å². The number of likely N-dealkylation sites (N-methyl/N-ethyl adjacent to an activating group) is 1. The van der Waals surface area contributed by atoms with Crippen molar-refractivity contribution in [1.82, 2.24) is 10.6 Å². The van der Waals surface area contributed by atoms with Crippen LogP contribution in [0.5, 0.6) is 5.75 Å². The minimum atomic E-state index is 0. The number of nitrogens with one attached hydrogen (secondary N) is 2. The van der Waals surface area contributed by atoms with Crippen LogP contribution in [0, 0.1) is 3.57 Å². The van der Waals surface area contributed by atoms with E-state index in [1.54, 1.807) is 0 Å². The van der Waals surface area contributed by atoms with Crippen LogP contribution < -0.4 is 15.4 Å². The largest absolute Gasteiger partial charge is 0.494 e. The Hall–Kier alpha value is -0.530. The second kappa shape index (κ2) is 11.3. The molecule has 1 amide bonds. The molecule has 108 valence electrons. The minimum Gasteiger partial charge on any atom is -0.494 e. The zero-order chi connectivity index (χ0) is 13.2. The summed E-state index contributed by atoms with van der Waals surface area (Å²) in [5.74, 6) is 0.933. The molecule has 4 nitrogen and oxygen atoms in total. The quantitative estimate of drug-likeness (QED) is 0.521. The normalized spacial score (nSPS) is 9.58. The second-order valence-electron chi connectivity index (χ2n) is 3.86. The lowest BCUT2D eigenvalue weighted by molar-refractivity contribution is -0.121. The Bertz CT molecular complexity index is 360. The lowest BCUT2D eigenvalue weighted by Gasteiger charge is -2.07. The highest BCUT2D eigenvalue weighted by atomic mass is 127. The lowest BCUT2D eigenvalue weighted by atomic mass is 10.3. The highest BCUT2D eigenvalue weighted by Gasteiger charge is 2.00. The van der Waals surface area contributed by atoms with Gasteiger partial charge in [-0.25, -0.2) is 0 Å². The summed E-state index contributed by atoms with van der Waals surface area (Å²) in [6.07, 6.45) is 1.24. The van der Waals surface area contributed by atoms with Crippen LogP contribution in [0.3, 0.4) is 0 Å². The Balaban J connectivity index is 0.00000324. The molecule has 0 radical (unpaired) electrons. The molecule has 1 aromatic rings. The van der Waals surface area contributed by atoms with E-state index in [-0.39, 0.29) is 18.3 Å². The van der Waals surface area contributed by atoms with E-state index < -0.39 is 0 Å². The summed E-state index contributed by atoms with van der Waals surface area (Å²) in [5, 5.41) is 5.81. The number of rotatable bonds is 8. The minimum absolute atomic E-state index is 0. The molecule has 0 aliphatic carbocycles. The smallest absolute Gasteiger partial charge is 0.220 e. The van der Waals surface area contributed by atoms with E-state index in [0.717, 1.165) is 18.7 Å². The molecule has 2 N–H and O–H groups in total. The molecule has 0 aromatic heterocycles. The number of benzene rings is 1. The third-order valence-corrected chi connectivity index (χ3v) is 3.05. The van der Waals surface area contributed by atoms with Crippen molar-refractivity contribution in [3.63, 3.8) is 0 Å². The molecule has 0 heterocycles. The Morgan fingerprint density at radius 1 is 1.26 bits per heavy atom. The molecule has 1 aromatic carbocycles. The van der Waals surface area contributed by atoms with Crippen molar-refractivity contribution in [1.29, 1.82) is 0 Å². The average Bonchev–Trinajstić information content (AvgIpc) is 2.37. The van der Waals surface area contributed by atoms with E-state index in [2.05, 4.69) is 33.2 Å². The van der Waals surface area contributed by atoms with Gasteiger partial charge in [-0.05, 0) is 60.3 Å². The molecular weight excluding hydrogens is 379 g/mol. The molecule has 0 unspecified atom stereocenters. The van der Waals surface area contributed by atoms with Crippen molar-refractivity contribution in [3.05, 3.63) is 27.8 Å². The molecule has 0 aliphatic rings. The van der Waals surface area contributed by atoms with Crippen molar-refractivity contribution < 1.29 is 9.53 Å². The SMILES string of the molecule is CNCCNC(=O)CCCOc1ccc(I)cc1.Cl. The Kier molecular flexibility index (Phi) is 11.0. The summed E-state index contributed by atoms with van der Waals surface area (Å²) in [6, 6.07) is 7.88. The Morgan fingerprint density at radius 2 is 1.95 bits per heavy atom. The van der Waals surface area contributed by atoms with Gasteiger partial charge in [0.15, 0.2) is 0 Å². The first-order valence-corrected chi connectivity index (χ1v) is 7.10.